The Balaban J connectivity index is 1.63. The fraction of sp³-hybridized carbons (Fsp3) is 0.318. The Labute approximate surface area is 160 Å². The summed E-state index contributed by atoms with van der Waals surface area (Å²) in [5, 5.41) is 1.05. The van der Waals surface area contributed by atoms with Crippen molar-refractivity contribution in [2.24, 2.45) is 0 Å². The minimum Gasteiger partial charge on any atom is -0.458 e. The van der Waals surface area contributed by atoms with Crippen molar-refractivity contribution in [1.29, 1.82) is 0 Å². The summed E-state index contributed by atoms with van der Waals surface area (Å²) in [5.74, 6) is -0.390. The van der Waals surface area contributed by atoms with Crippen molar-refractivity contribution in [1.82, 2.24) is 9.55 Å². The summed E-state index contributed by atoms with van der Waals surface area (Å²) < 4.78 is 13.2. The highest BCUT2D eigenvalue weighted by molar-refractivity contribution is 5.86. The Morgan fingerprint density at radius 1 is 1.21 bits per heavy atom. The SMILES string of the molecule is CC1CC[C@@]2(O1)C(=O)OCc1c2cc2n(c1=O)Cc1cc3ccccc3nc1-2. The quantitative estimate of drug-likeness (QED) is 0.443. The van der Waals surface area contributed by atoms with Gasteiger partial charge in [0.2, 0.25) is 0 Å². The average Bonchev–Trinajstić information content (AvgIpc) is 3.25. The molecule has 0 bridgehead atoms. The van der Waals surface area contributed by atoms with Gasteiger partial charge in [0.05, 0.1) is 35.1 Å². The lowest BCUT2D eigenvalue weighted by Crippen LogP contribution is -2.44. The highest BCUT2D eigenvalue weighted by Gasteiger charge is 2.53. The molecule has 28 heavy (non-hydrogen) atoms. The number of pyridine rings is 2. The van der Waals surface area contributed by atoms with E-state index in [1.54, 1.807) is 4.57 Å². The molecule has 0 aliphatic carbocycles. The second-order valence-electron chi connectivity index (χ2n) is 7.87. The van der Waals surface area contributed by atoms with Crippen molar-refractivity contribution in [2.45, 2.75) is 44.6 Å². The van der Waals surface area contributed by atoms with Crippen LogP contribution in [0.1, 0.15) is 36.5 Å². The summed E-state index contributed by atoms with van der Waals surface area (Å²) in [6.45, 7) is 2.42. The van der Waals surface area contributed by atoms with Gasteiger partial charge in [0.1, 0.15) is 6.61 Å². The molecule has 1 unspecified atom stereocenters. The van der Waals surface area contributed by atoms with Gasteiger partial charge in [0.25, 0.3) is 5.56 Å². The topological polar surface area (TPSA) is 70.4 Å². The van der Waals surface area contributed by atoms with Crippen LogP contribution in [0.3, 0.4) is 0 Å². The van der Waals surface area contributed by atoms with E-state index < -0.39 is 11.6 Å². The third kappa shape index (κ3) is 1.93. The van der Waals surface area contributed by atoms with E-state index in [1.807, 2.05) is 37.3 Å². The number of fused-ring (bicyclic) bond motifs is 6. The second kappa shape index (κ2) is 5.29. The number of aromatic nitrogens is 2. The lowest BCUT2D eigenvalue weighted by molar-refractivity contribution is -0.177. The highest BCUT2D eigenvalue weighted by Crippen LogP contribution is 2.45. The maximum Gasteiger partial charge on any atom is 0.343 e. The van der Waals surface area contributed by atoms with Crippen LogP contribution in [0, 0.1) is 0 Å². The molecule has 3 aliphatic heterocycles. The number of benzene rings is 1. The summed E-state index contributed by atoms with van der Waals surface area (Å²) in [4.78, 5) is 30.8. The molecule has 3 aromatic rings. The standard InChI is InChI=1S/C22H18N2O4/c1-12-6-7-22(28-12)16-9-18-19-14(8-13-4-2-3-5-17(13)23-19)10-24(18)20(25)15(16)11-27-21(22)26/h2-5,8-9,12H,6-7,10-11H2,1H3/t12?,22-/m0/s1. The minimum absolute atomic E-state index is 0.00147. The van der Waals surface area contributed by atoms with Gasteiger partial charge in [-0.05, 0) is 38.0 Å². The van der Waals surface area contributed by atoms with Gasteiger partial charge < -0.3 is 14.0 Å². The van der Waals surface area contributed by atoms with Crippen LogP contribution in [0.25, 0.3) is 22.3 Å². The summed E-state index contributed by atoms with van der Waals surface area (Å²) in [6, 6.07) is 11.9. The number of cyclic esters (lactones) is 1. The van der Waals surface area contributed by atoms with Gasteiger partial charge in [-0.15, -0.1) is 0 Å². The van der Waals surface area contributed by atoms with E-state index in [0.29, 0.717) is 24.1 Å². The molecule has 0 amide bonds. The van der Waals surface area contributed by atoms with Gasteiger partial charge in [-0.1, -0.05) is 18.2 Å². The first-order valence-electron chi connectivity index (χ1n) is 9.58. The molecule has 2 atom stereocenters. The van der Waals surface area contributed by atoms with Crippen molar-refractivity contribution in [3.63, 3.8) is 0 Å². The average molecular weight is 374 g/mol. The second-order valence-corrected chi connectivity index (χ2v) is 7.87. The number of ether oxygens (including phenoxy) is 2. The van der Waals surface area contributed by atoms with Crippen molar-refractivity contribution in [3.05, 3.63) is 63.4 Å². The van der Waals surface area contributed by atoms with Gasteiger partial charge >= 0.3 is 5.97 Å². The van der Waals surface area contributed by atoms with Gasteiger partial charge in [0, 0.05) is 16.5 Å². The van der Waals surface area contributed by atoms with Gasteiger partial charge in [-0.2, -0.15) is 0 Å². The van der Waals surface area contributed by atoms with Crippen LogP contribution in [0.15, 0.2) is 41.2 Å². The Morgan fingerprint density at radius 3 is 2.89 bits per heavy atom. The molecule has 1 aromatic carbocycles. The molecule has 1 saturated heterocycles. The molecule has 1 spiro atoms. The van der Waals surface area contributed by atoms with E-state index in [4.69, 9.17) is 14.5 Å². The number of hydrogen-bond donors (Lipinski definition) is 0. The molecule has 5 heterocycles. The molecule has 6 rings (SSSR count). The molecule has 0 N–H and O–H groups in total. The van der Waals surface area contributed by atoms with Crippen LogP contribution < -0.4 is 5.56 Å². The Morgan fingerprint density at radius 2 is 2.07 bits per heavy atom. The maximum absolute atomic E-state index is 13.3. The van der Waals surface area contributed by atoms with Crippen molar-refractivity contribution in [2.75, 3.05) is 0 Å². The Hall–Kier alpha value is -2.99. The number of carbonyl (C=O) groups excluding carboxylic acids is 1. The van der Waals surface area contributed by atoms with Crippen LogP contribution in [0.5, 0.6) is 0 Å². The smallest absolute Gasteiger partial charge is 0.343 e. The van der Waals surface area contributed by atoms with E-state index in [0.717, 1.165) is 34.3 Å². The number of rotatable bonds is 0. The maximum atomic E-state index is 13.3. The lowest BCUT2D eigenvalue weighted by Gasteiger charge is -2.33. The van der Waals surface area contributed by atoms with Gasteiger partial charge in [-0.25, -0.2) is 9.78 Å². The molecule has 0 radical (unpaired) electrons. The molecular weight excluding hydrogens is 356 g/mol. The monoisotopic (exact) mass is 374 g/mol. The molecule has 140 valence electrons. The zero-order valence-corrected chi connectivity index (χ0v) is 15.4. The number of hydrogen-bond acceptors (Lipinski definition) is 5. The van der Waals surface area contributed by atoms with Crippen LogP contribution in [-0.4, -0.2) is 21.6 Å². The van der Waals surface area contributed by atoms with Crippen LogP contribution >= 0.6 is 0 Å². The normalized spacial score (nSPS) is 24.9. The van der Waals surface area contributed by atoms with E-state index in [9.17, 15) is 9.59 Å². The number of nitrogens with zero attached hydrogens (tertiary/aromatic N) is 2. The zero-order valence-electron chi connectivity index (χ0n) is 15.4. The minimum atomic E-state index is -1.17. The molecule has 3 aliphatic rings. The molecule has 6 heteroatoms. The molecule has 0 saturated carbocycles. The highest BCUT2D eigenvalue weighted by atomic mass is 16.6. The molecule has 6 nitrogen and oxygen atoms in total. The number of esters is 1. The van der Waals surface area contributed by atoms with E-state index in [1.165, 1.54) is 0 Å². The Kier molecular flexibility index (Phi) is 3.03. The molecule has 1 fully saturated rings. The number of para-hydroxylation sites is 1. The first-order chi connectivity index (χ1) is 13.6. The first kappa shape index (κ1) is 16.0. The summed E-state index contributed by atoms with van der Waals surface area (Å²) in [5.41, 5.74) is 3.35. The summed E-state index contributed by atoms with van der Waals surface area (Å²) in [7, 11) is 0. The Bertz CT molecular complexity index is 1250. The largest absolute Gasteiger partial charge is 0.458 e. The van der Waals surface area contributed by atoms with E-state index in [-0.39, 0.29) is 18.3 Å². The molecular formula is C22H18N2O4. The van der Waals surface area contributed by atoms with E-state index in [2.05, 4.69) is 6.07 Å². The summed E-state index contributed by atoms with van der Waals surface area (Å²) in [6.07, 6.45) is 1.23. The fourth-order valence-electron chi connectivity index (χ4n) is 4.80. The van der Waals surface area contributed by atoms with Gasteiger partial charge in [0.15, 0.2) is 5.60 Å². The van der Waals surface area contributed by atoms with Crippen molar-refractivity contribution in [3.8, 4) is 11.4 Å². The van der Waals surface area contributed by atoms with Crippen LogP contribution in [0.4, 0.5) is 0 Å². The van der Waals surface area contributed by atoms with Crippen LogP contribution in [0.2, 0.25) is 0 Å². The molecule has 2 aromatic heterocycles. The van der Waals surface area contributed by atoms with Crippen LogP contribution in [-0.2, 0) is 33.0 Å². The van der Waals surface area contributed by atoms with Crippen molar-refractivity contribution >= 4 is 16.9 Å². The number of carbonyl (C=O) groups is 1. The lowest BCUT2D eigenvalue weighted by atomic mass is 9.85. The van der Waals surface area contributed by atoms with E-state index >= 15 is 0 Å². The summed E-state index contributed by atoms with van der Waals surface area (Å²) >= 11 is 0. The third-order valence-electron chi connectivity index (χ3n) is 6.19. The fourth-order valence-corrected chi connectivity index (χ4v) is 4.80. The zero-order chi connectivity index (χ0) is 19.0. The third-order valence-corrected chi connectivity index (χ3v) is 6.19. The predicted molar refractivity (Wildman–Crippen MR) is 102 cm³/mol. The van der Waals surface area contributed by atoms with Crippen molar-refractivity contribution < 1.29 is 14.3 Å². The predicted octanol–water partition coefficient (Wildman–Crippen LogP) is 2.88. The first-order valence-corrected chi connectivity index (χ1v) is 9.58. The van der Waals surface area contributed by atoms with Gasteiger partial charge in [-0.3, -0.25) is 4.79 Å².